The molecule has 1 atom stereocenters. The number of nitrogens with one attached hydrogen (secondary N) is 2. The number of rotatable bonds is 7. The molecule has 186 valence electrons. The van der Waals surface area contributed by atoms with Crippen molar-refractivity contribution in [2.75, 3.05) is 10.6 Å². The predicted octanol–water partition coefficient (Wildman–Crippen LogP) is 7.42. The molecule has 0 aliphatic carbocycles. The Morgan fingerprint density at radius 1 is 1.00 bits per heavy atom. The van der Waals surface area contributed by atoms with E-state index in [1.54, 1.807) is 37.3 Å². The van der Waals surface area contributed by atoms with Crippen molar-refractivity contribution in [2.24, 2.45) is 0 Å². The van der Waals surface area contributed by atoms with Gasteiger partial charge in [0.25, 0.3) is 0 Å². The van der Waals surface area contributed by atoms with Crippen LogP contribution in [0.5, 0.6) is 0 Å². The number of hydrogen-bond donors (Lipinski definition) is 2. The minimum absolute atomic E-state index is 0.208. The van der Waals surface area contributed by atoms with Gasteiger partial charge in [0, 0.05) is 21.8 Å². The maximum Gasteiger partial charge on any atom is 0.353 e. The van der Waals surface area contributed by atoms with Crippen LogP contribution in [0.4, 0.5) is 37.5 Å². The monoisotopic (exact) mass is 540 g/mol. The van der Waals surface area contributed by atoms with Gasteiger partial charge < -0.3 is 10.6 Å². The highest BCUT2D eigenvalue weighted by molar-refractivity contribution is 6.32. The molecule has 1 aromatic heterocycles. The van der Waals surface area contributed by atoms with Crippen molar-refractivity contribution in [2.45, 2.75) is 12.8 Å². The van der Waals surface area contributed by atoms with Crippen LogP contribution in [0.25, 0.3) is 0 Å². The Balaban J connectivity index is 1.70. The maximum atomic E-state index is 14.1. The third-order valence-corrected chi connectivity index (χ3v) is 6.01. The molecule has 0 aliphatic heterocycles. The normalized spacial score (nSPS) is 11.5. The van der Waals surface area contributed by atoms with Gasteiger partial charge >= 0.3 is 5.69 Å². The summed E-state index contributed by atoms with van der Waals surface area (Å²) in [5, 5.41) is 27.8. The molecule has 0 aliphatic rings. The first-order valence-corrected chi connectivity index (χ1v) is 11.4. The van der Waals surface area contributed by atoms with Crippen molar-refractivity contribution in [3.63, 3.8) is 0 Å². The Labute approximate surface area is 219 Å². The molecule has 0 saturated heterocycles. The molecule has 4 aromatic rings. The van der Waals surface area contributed by atoms with E-state index in [1.807, 2.05) is 0 Å². The average molecular weight is 541 g/mol. The van der Waals surface area contributed by atoms with E-state index in [0.717, 1.165) is 24.5 Å². The van der Waals surface area contributed by atoms with E-state index in [9.17, 15) is 24.2 Å². The molecular formula is C25H16Cl2F2N6O2. The standard InChI is InChI=1S/C25H16Cl2F2N6O2/c1-13-8-17(18(11-30)14-2-4-15(26)5-3-14)19(27)10-21(13)33-24-23(35(36)37)25(32-12-31-24)34-22-9-16(28)6-7-20(22)29/h2-10,12,18H,1H3,(H2,31,32,33,34). The highest BCUT2D eigenvalue weighted by atomic mass is 35.5. The van der Waals surface area contributed by atoms with Crippen LogP contribution in [0.15, 0.2) is 60.9 Å². The quantitative estimate of drug-likeness (QED) is 0.185. The van der Waals surface area contributed by atoms with Crippen molar-refractivity contribution >= 4 is 51.9 Å². The van der Waals surface area contributed by atoms with Gasteiger partial charge in [0.2, 0.25) is 11.6 Å². The molecule has 0 bridgehead atoms. The van der Waals surface area contributed by atoms with E-state index < -0.39 is 28.2 Å². The molecule has 0 radical (unpaired) electrons. The second kappa shape index (κ2) is 10.7. The summed E-state index contributed by atoms with van der Waals surface area (Å²) in [4.78, 5) is 18.9. The minimum Gasteiger partial charge on any atom is -0.334 e. The highest BCUT2D eigenvalue weighted by Crippen LogP contribution is 2.38. The van der Waals surface area contributed by atoms with Crippen molar-refractivity contribution in [1.82, 2.24) is 9.97 Å². The van der Waals surface area contributed by atoms with E-state index in [1.165, 1.54) is 6.07 Å². The van der Waals surface area contributed by atoms with Crippen LogP contribution >= 0.6 is 23.2 Å². The molecule has 37 heavy (non-hydrogen) atoms. The maximum absolute atomic E-state index is 14.1. The zero-order valence-electron chi connectivity index (χ0n) is 19.0. The molecule has 3 aromatic carbocycles. The van der Waals surface area contributed by atoms with Gasteiger partial charge in [0.15, 0.2) is 0 Å². The van der Waals surface area contributed by atoms with E-state index in [-0.39, 0.29) is 22.3 Å². The SMILES string of the molecule is Cc1cc(C(C#N)c2ccc(Cl)cc2)c(Cl)cc1Nc1ncnc(Nc2cc(F)ccc2F)c1[N+](=O)[O-]. The number of nitro groups is 1. The van der Waals surface area contributed by atoms with Crippen LogP contribution in [0, 0.1) is 40.0 Å². The molecule has 0 fully saturated rings. The Bertz CT molecular complexity index is 1540. The molecule has 1 heterocycles. The lowest BCUT2D eigenvalue weighted by atomic mass is 9.91. The van der Waals surface area contributed by atoms with Crippen LogP contribution in [0.3, 0.4) is 0 Å². The van der Waals surface area contributed by atoms with Gasteiger partial charge in [-0.1, -0.05) is 41.4 Å². The van der Waals surface area contributed by atoms with Gasteiger partial charge in [-0.25, -0.2) is 18.7 Å². The van der Waals surface area contributed by atoms with E-state index in [0.29, 0.717) is 27.4 Å². The zero-order valence-corrected chi connectivity index (χ0v) is 20.5. The van der Waals surface area contributed by atoms with Gasteiger partial charge in [0.05, 0.1) is 22.6 Å². The molecule has 2 N–H and O–H groups in total. The first-order valence-electron chi connectivity index (χ1n) is 10.6. The van der Waals surface area contributed by atoms with E-state index in [4.69, 9.17) is 23.2 Å². The second-order valence-corrected chi connectivity index (χ2v) is 8.70. The fourth-order valence-electron chi connectivity index (χ4n) is 3.62. The molecule has 12 heteroatoms. The number of nitriles is 1. The number of benzene rings is 3. The first-order chi connectivity index (χ1) is 17.7. The van der Waals surface area contributed by atoms with Crippen LogP contribution in [0.1, 0.15) is 22.6 Å². The topological polar surface area (TPSA) is 117 Å². The molecule has 8 nitrogen and oxygen atoms in total. The summed E-state index contributed by atoms with van der Waals surface area (Å²) in [7, 11) is 0. The summed E-state index contributed by atoms with van der Waals surface area (Å²) in [6.07, 6.45) is 1.03. The summed E-state index contributed by atoms with van der Waals surface area (Å²) in [6, 6.07) is 14.9. The number of nitrogens with zero attached hydrogens (tertiary/aromatic N) is 4. The third kappa shape index (κ3) is 5.58. The third-order valence-electron chi connectivity index (χ3n) is 5.43. The lowest BCUT2D eigenvalue weighted by molar-refractivity contribution is -0.383. The number of aromatic nitrogens is 2. The first kappa shape index (κ1) is 25.8. The average Bonchev–Trinajstić information content (AvgIpc) is 2.85. The van der Waals surface area contributed by atoms with E-state index >= 15 is 0 Å². The Hall–Kier alpha value is -4.33. The van der Waals surface area contributed by atoms with Crippen molar-refractivity contribution in [3.05, 3.63) is 109 Å². The van der Waals surface area contributed by atoms with Gasteiger partial charge in [-0.3, -0.25) is 10.1 Å². The summed E-state index contributed by atoms with van der Waals surface area (Å²) in [6.45, 7) is 1.73. The summed E-state index contributed by atoms with van der Waals surface area (Å²) >= 11 is 12.5. The lowest BCUT2D eigenvalue weighted by Crippen LogP contribution is -2.07. The fourth-order valence-corrected chi connectivity index (χ4v) is 4.02. The number of anilines is 4. The molecule has 0 saturated carbocycles. The predicted molar refractivity (Wildman–Crippen MR) is 137 cm³/mol. The molecule has 0 spiro atoms. The molecule has 0 amide bonds. The van der Waals surface area contributed by atoms with Crippen LogP contribution in [0.2, 0.25) is 10.0 Å². The Kier molecular flexibility index (Phi) is 7.47. The van der Waals surface area contributed by atoms with Gasteiger partial charge in [-0.15, -0.1) is 0 Å². The van der Waals surface area contributed by atoms with Gasteiger partial charge in [-0.2, -0.15) is 5.26 Å². The number of halogens is 4. The number of aryl methyl sites for hydroxylation is 1. The fraction of sp³-hybridized carbons (Fsp3) is 0.0800. The molecule has 4 rings (SSSR count). The van der Waals surface area contributed by atoms with Gasteiger partial charge in [0.1, 0.15) is 18.0 Å². The Morgan fingerprint density at radius 3 is 2.27 bits per heavy atom. The van der Waals surface area contributed by atoms with Crippen LogP contribution in [-0.4, -0.2) is 14.9 Å². The highest BCUT2D eigenvalue weighted by Gasteiger charge is 2.25. The lowest BCUT2D eigenvalue weighted by Gasteiger charge is -2.17. The minimum atomic E-state index is -0.824. The van der Waals surface area contributed by atoms with Crippen molar-refractivity contribution in [3.8, 4) is 6.07 Å². The summed E-state index contributed by atoms with van der Waals surface area (Å²) < 4.78 is 27.7. The zero-order chi connectivity index (χ0) is 26.7. The van der Waals surface area contributed by atoms with Crippen LogP contribution < -0.4 is 10.6 Å². The Morgan fingerprint density at radius 2 is 1.65 bits per heavy atom. The van der Waals surface area contributed by atoms with Gasteiger partial charge in [-0.05, 0) is 53.9 Å². The molecular weight excluding hydrogens is 525 g/mol. The molecule has 1 unspecified atom stereocenters. The van der Waals surface area contributed by atoms with E-state index in [2.05, 4.69) is 26.7 Å². The van der Waals surface area contributed by atoms with Crippen molar-refractivity contribution < 1.29 is 13.7 Å². The largest absolute Gasteiger partial charge is 0.353 e. The number of hydrogen-bond acceptors (Lipinski definition) is 7. The van der Waals surface area contributed by atoms with Crippen LogP contribution in [-0.2, 0) is 0 Å². The second-order valence-electron chi connectivity index (χ2n) is 7.85. The smallest absolute Gasteiger partial charge is 0.334 e. The summed E-state index contributed by atoms with van der Waals surface area (Å²) in [5.41, 5.74) is 1.30. The summed E-state index contributed by atoms with van der Waals surface area (Å²) in [5.74, 6) is -2.79. The van der Waals surface area contributed by atoms with Crippen molar-refractivity contribution in [1.29, 1.82) is 5.26 Å².